The zero-order valence-corrected chi connectivity index (χ0v) is 17.4. The lowest BCUT2D eigenvalue weighted by molar-refractivity contribution is -0.274. The van der Waals surface area contributed by atoms with E-state index in [0.29, 0.717) is 5.56 Å². The van der Waals surface area contributed by atoms with Crippen LogP contribution in [-0.4, -0.2) is 27.0 Å². The molecule has 1 amide bonds. The molecule has 0 saturated heterocycles. The van der Waals surface area contributed by atoms with Crippen LogP contribution >= 0.6 is 0 Å². The molecule has 6 nitrogen and oxygen atoms in total. The topological polar surface area (TPSA) is 69.0 Å². The average Bonchev–Trinajstić information content (AvgIpc) is 3.26. The van der Waals surface area contributed by atoms with Gasteiger partial charge in [-0.25, -0.2) is 4.68 Å². The average molecular weight is 492 g/mol. The van der Waals surface area contributed by atoms with Crippen LogP contribution < -0.4 is 10.1 Å². The number of hydrogen-bond acceptors (Lipinski definition) is 4. The molecule has 180 valence electrons. The number of nitrogens with zero attached hydrogens (tertiary/aromatic N) is 3. The van der Waals surface area contributed by atoms with Gasteiger partial charge in [0.15, 0.2) is 0 Å². The molecule has 0 saturated carbocycles. The Kier molecular flexibility index (Phi) is 6.20. The number of carbonyl (C=O) groups excluding carboxylic acids is 1. The van der Waals surface area contributed by atoms with E-state index in [9.17, 15) is 31.1 Å². The second-order valence-electron chi connectivity index (χ2n) is 7.14. The van der Waals surface area contributed by atoms with Gasteiger partial charge in [0.2, 0.25) is 0 Å². The van der Waals surface area contributed by atoms with Crippen molar-refractivity contribution in [3.05, 3.63) is 90.4 Å². The maximum Gasteiger partial charge on any atom is 0.573 e. The van der Waals surface area contributed by atoms with E-state index in [4.69, 9.17) is 0 Å². The molecule has 0 atom stereocenters. The quantitative estimate of drug-likeness (QED) is 0.342. The van der Waals surface area contributed by atoms with Crippen LogP contribution in [-0.2, 0) is 6.18 Å². The van der Waals surface area contributed by atoms with Crippen molar-refractivity contribution in [1.82, 2.24) is 14.8 Å². The third kappa shape index (κ3) is 5.78. The fraction of sp³-hybridized carbons (Fsp3) is 0.0870. The minimum absolute atomic E-state index is 0.0673. The number of benzene rings is 2. The summed E-state index contributed by atoms with van der Waals surface area (Å²) in [7, 11) is 0. The summed E-state index contributed by atoms with van der Waals surface area (Å²) in [4.78, 5) is 16.3. The summed E-state index contributed by atoms with van der Waals surface area (Å²) < 4.78 is 82.1. The van der Waals surface area contributed by atoms with E-state index in [1.807, 2.05) is 0 Å². The fourth-order valence-corrected chi connectivity index (χ4v) is 3.13. The number of nitrogens with one attached hydrogen (secondary N) is 1. The van der Waals surface area contributed by atoms with E-state index in [2.05, 4.69) is 20.1 Å². The van der Waals surface area contributed by atoms with Crippen LogP contribution in [0.25, 0.3) is 16.9 Å². The number of rotatable bonds is 5. The molecule has 2 aromatic heterocycles. The maximum atomic E-state index is 13.6. The van der Waals surface area contributed by atoms with Crippen molar-refractivity contribution in [3.8, 4) is 22.7 Å². The number of hydrogen-bond donors (Lipinski definition) is 1. The Hall–Kier alpha value is -4.35. The fourth-order valence-electron chi connectivity index (χ4n) is 3.13. The summed E-state index contributed by atoms with van der Waals surface area (Å²) in [5.74, 6) is -1.07. The van der Waals surface area contributed by atoms with Crippen molar-refractivity contribution in [3.63, 3.8) is 0 Å². The van der Waals surface area contributed by atoms with E-state index in [1.165, 1.54) is 48.8 Å². The van der Waals surface area contributed by atoms with Crippen molar-refractivity contribution in [2.24, 2.45) is 0 Å². The number of ether oxygens (including phenoxy) is 1. The molecule has 12 heteroatoms. The summed E-state index contributed by atoms with van der Waals surface area (Å²) in [5, 5.41) is 6.54. The van der Waals surface area contributed by atoms with Gasteiger partial charge in [-0.2, -0.15) is 18.3 Å². The normalized spacial score (nSPS) is 11.8. The van der Waals surface area contributed by atoms with Gasteiger partial charge in [0.25, 0.3) is 5.91 Å². The molecule has 0 unspecified atom stereocenters. The highest BCUT2D eigenvalue weighted by molar-refractivity contribution is 6.04. The number of alkyl halides is 6. The predicted molar refractivity (Wildman–Crippen MR) is 113 cm³/mol. The highest BCUT2D eigenvalue weighted by Crippen LogP contribution is 2.34. The van der Waals surface area contributed by atoms with Crippen LogP contribution in [0.3, 0.4) is 0 Å². The highest BCUT2D eigenvalue weighted by atomic mass is 19.4. The van der Waals surface area contributed by atoms with Crippen LogP contribution in [0.4, 0.5) is 32.0 Å². The van der Waals surface area contributed by atoms with Gasteiger partial charge < -0.3 is 10.1 Å². The minimum atomic E-state index is -4.84. The monoisotopic (exact) mass is 492 g/mol. The molecule has 1 N–H and O–H groups in total. The first-order chi connectivity index (χ1) is 16.5. The van der Waals surface area contributed by atoms with Gasteiger partial charge >= 0.3 is 12.5 Å². The van der Waals surface area contributed by atoms with E-state index < -0.39 is 29.9 Å². The molecular weight excluding hydrogens is 478 g/mol. The zero-order valence-electron chi connectivity index (χ0n) is 17.4. The Morgan fingerprint density at radius 3 is 2.17 bits per heavy atom. The van der Waals surface area contributed by atoms with Gasteiger partial charge in [-0.15, -0.1) is 13.2 Å². The molecule has 0 fully saturated rings. The van der Waals surface area contributed by atoms with Gasteiger partial charge in [-0.05, 0) is 66.7 Å². The van der Waals surface area contributed by atoms with E-state index in [-0.39, 0.29) is 22.6 Å². The molecular formula is C23H14F6N4O2. The molecule has 0 radical (unpaired) electrons. The van der Waals surface area contributed by atoms with Gasteiger partial charge in [0.05, 0.1) is 11.4 Å². The van der Waals surface area contributed by atoms with Crippen LogP contribution in [0.1, 0.15) is 16.1 Å². The lowest BCUT2D eigenvalue weighted by Gasteiger charge is -2.11. The number of amides is 1. The van der Waals surface area contributed by atoms with Gasteiger partial charge in [0, 0.05) is 29.2 Å². The first-order valence-corrected chi connectivity index (χ1v) is 9.85. The van der Waals surface area contributed by atoms with Crippen molar-refractivity contribution < 1.29 is 35.9 Å². The molecule has 4 aromatic rings. The highest BCUT2D eigenvalue weighted by Gasteiger charge is 2.36. The summed E-state index contributed by atoms with van der Waals surface area (Å²) in [6, 6.07) is 13.7. The molecule has 2 heterocycles. The molecule has 0 aliphatic carbocycles. The third-order valence-electron chi connectivity index (χ3n) is 4.68. The maximum absolute atomic E-state index is 13.6. The Morgan fingerprint density at radius 1 is 0.914 bits per heavy atom. The van der Waals surface area contributed by atoms with Crippen molar-refractivity contribution in [2.75, 3.05) is 5.32 Å². The van der Waals surface area contributed by atoms with Gasteiger partial charge in [0.1, 0.15) is 11.4 Å². The Morgan fingerprint density at radius 2 is 1.60 bits per heavy atom. The smallest absolute Gasteiger partial charge is 0.406 e. The number of halogens is 6. The van der Waals surface area contributed by atoms with Gasteiger partial charge in [-0.1, -0.05) is 0 Å². The molecule has 0 aliphatic rings. The SMILES string of the molecule is O=C(Nc1ccc(OC(F)(F)F)cc1)c1ccc(-n2nc(-c3cccnc3)cc2C(F)(F)F)cc1. The largest absolute Gasteiger partial charge is 0.573 e. The number of anilines is 1. The zero-order chi connectivity index (χ0) is 25.2. The first kappa shape index (κ1) is 23.8. The van der Waals surface area contributed by atoms with Gasteiger partial charge in [-0.3, -0.25) is 9.78 Å². The third-order valence-corrected chi connectivity index (χ3v) is 4.68. The van der Waals surface area contributed by atoms with E-state index in [1.54, 1.807) is 12.1 Å². The second-order valence-corrected chi connectivity index (χ2v) is 7.14. The molecule has 2 aromatic carbocycles. The Bertz CT molecular complexity index is 1320. The van der Waals surface area contributed by atoms with E-state index >= 15 is 0 Å². The molecule has 4 rings (SSSR count). The summed E-state index contributed by atoms with van der Waals surface area (Å²) in [6.07, 6.45) is -6.65. The van der Waals surface area contributed by atoms with Crippen LogP contribution in [0.2, 0.25) is 0 Å². The molecule has 0 spiro atoms. The summed E-state index contributed by atoms with van der Waals surface area (Å²) in [6.45, 7) is 0. The number of aromatic nitrogens is 3. The number of pyridine rings is 1. The number of carbonyl (C=O) groups is 1. The van der Waals surface area contributed by atoms with Crippen molar-refractivity contribution >= 4 is 11.6 Å². The van der Waals surface area contributed by atoms with Crippen molar-refractivity contribution in [1.29, 1.82) is 0 Å². The Balaban J connectivity index is 1.54. The predicted octanol–water partition coefficient (Wildman–Crippen LogP) is 6.10. The molecule has 0 aliphatic heterocycles. The second kappa shape index (κ2) is 9.12. The van der Waals surface area contributed by atoms with E-state index in [0.717, 1.165) is 22.9 Å². The summed E-state index contributed by atoms with van der Waals surface area (Å²) >= 11 is 0. The minimum Gasteiger partial charge on any atom is -0.406 e. The van der Waals surface area contributed by atoms with Crippen LogP contribution in [0, 0.1) is 0 Å². The molecule has 0 bridgehead atoms. The lowest BCUT2D eigenvalue weighted by Crippen LogP contribution is -2.17. The summed E-state index contributed by atoms with van der Waals surface area (Å²) in [5.41, 5.74) is -0.157. The van der Waals surface area contributed by atoms with Crippen molar-refractivity contribution in [2.45, 2.75) is 12.5 Å². The van der Waals surface area contributed by atoms with Crippen LogP contribution in [0.5, 0.6) is 5.75 Å². The molecule has 35 heavy (non-hydrogen) atoms. The Labute approximate surface area is 193 Å². The standard InChI is InChI=1S/C23H14F6N4O2/c24-22(25,26)20-12-19(15-2-1-11-30-13-15)32-33(20)17-7-3-14(4-8-17)21(34)31-16-5-9-18(10-6-16)35-23(27,28)29/h1-13H,(H,31,34). The lowest BCUT2D eigenvalue weighted by atomic mass is 10.2. The first-order valence-electron chi connectivity index (χ1n) is 9.85. The van der Waals surface area contributed by atoms with Crippen LogP contribution in [0.15, 0.2) is 79.1 Å².